The zero-order chi connectivity index (χ0) is 14.0. The standard InChI is InChI=1S/C14H14FN3S/c1-8-5-11(15)3-4-12(8)18-13-7-10(14(16)19)6-9(2)17-13/h3-7H,1-2H3,(H2,16,19)(H,17,18). The molecule has 0 saturated heterocycles. The number of halogens is 1. The highest BCUT2D eigenvalue weighted by molar-refractivity contribution is 7.80. The van der Waals surface area contributed by atoms with Gasteiger partial charge in [0.05, 0.1) is 0 Å². The number of rotatable bonds is 3. The number of hydrogen-bond donors (Lipinski definition) is 2. The molecule has 0 spiro atoms. The number of benzene rings is 1. The van der Waals surface area contributed by atoms with Crippen LogP contribution < -0.4 is 11.1 Å². The van der Waals surface area contributed by atoms with Crippen LogP contribution in [0.4, 0.5) is 15.9 Å². The number of pyridine rings is 1. The molecule has 0 aliphatic rings. The molecule has 1 heterocycles. The van der Waals surface area contributed by atoms with E-state index in [0.29, 0.717) is 10.8 Å². The molecule has 0 unspecified atom stereocenters. The van der Waals surface area contributed by atoms with Gasteiger partial charge in [-0.3, -0.25) is 0 Å². The van der Waals surface area contributed by atoms with E-state index in [2.05, 4.69) is 10.3 Å². The number of aryl methyl sites for hydroxylation is 2. The van der Waals surface area contributed by atoms with Crippen LogP contribution in [0.15, 0.2) is 30.3 Å². The summed E-state index contributed by atoms with van der Waals surface area (Å²) in [6.45, 7) is 3.69. The average Bonchev–Trinajstić information content (AvgIpc) is 2.32. The minimum Gasteiger partial charge on any atom is -0.389 e. The molecule has 0 atom stereocenters. The SMILES string of the molecule is Cc1cc(C(N)=S)cc(Nc2ccc(F)cc2C)n1. The second-order valence-corrected chi connectivity index (χ2v) is 4.77. The first-order valence-corrected chi connectivity index (χ1v) is 6.18. The van der Waals surface area contributed by atoms with Crippen molar-refractivity contribution in [3.8, 4) is 0 Å². The van der Waals surface area contributed by atoms with Crippen molar-refractivity contribution in [3.05, 3.63) is 53.0 Å². The fourth-order valence-corrected chi connectivity index (χ4v) is 1.90. The van der Waals surface area contributed by atoms with Gasteiger partial charge in [0, 0.05) is 16.9 Å². The summed E-state index contributed by atoms with van der Waals surface area (Å²) in [6, 6.07) is 8.14. The lowest BCUT2D eigenvalue weighted by Crippen LogP contribution is -2.11. The summed E-state index contributed by atoms with van der Waals surface area (Å²) in [5.41, 5.74) is 8.79. The van der Waals surface area contributed by atoms with E-state index < -0.39 is 0 Å². The maximum absolute atomic E-state index is 13.0. The molecule has 0 saturated carbocycles. The minimum absolute atomic E-state index is 0.260. The van der Waals surface area contributed by atoms with Crippen molar-refractivity contribution in [1.82, 2.24) is 4.98 Å². The first-order chi connectivity index (χ1) is 8.95. The van der Waals surface area contributed by atoms with E-state index in [1.165, 1.54) is 12.1 Å². The van der Waals surface area contributed by atoms with Gasteiger partial charge in [0.15, 0.2) is 0 Å². The zero-order valence-corrected chi connectivity index (χ0v) is 11.5. The van der Waals surface area contributed by atoms with Crippen molar-refractivity contribution >= 4 is 28.7 Å². The van der Waals surface area contributed by atoms with Crippen LogP contribution in [-0.4, -0.2) is 9.97 Å². The number of hydrogen-bond acceptors (Lipinski definition) is 3. The monoisotopic (exact) mass is 275 g/mol. The normalized spacial score (nSPS) is 10.3. The highest BCUT2D eigenvalue weighted by Crippen LogP contribution is 2.21. The Morgan fingerprint density at radius 2 is 2.00 bits per heavy atom. The third-order valence-electron chi connectivity index (χ3n) is 2.69. The summed E-state index contributed by atoms with van der Waals surface area (Å²) in [5, 5.41) is 3.14. The van der Waals surface area contributed by atoms with Crippen LogP contribution in [0, 0.1) is 19.7 Å². The molecule has 5 heteroatoms. The lowest BCUT2D eigenvalue weighted by molar-refractivity contribution is 0.627. The summed E-state index contributed by atoms with van der Waals surface area (Å²) in [7, 11) is 0. The molecule has 0 bridgehead atoms. The molecule has 0 fully saturated rings. The van der Waals surface area contributed by atoms with E-state index in [1.807, 2.05) is 19.9 Å². The van der Waals surface area contributed by atoms with Crippen molar-refractivity contribution in [2.75, 3.05) is 5.32 Å². The van der Waals surface area contributed by atoms with Crippen LogP contribution in [0.2, 0.25) is 0 Å². The molecule has 3 N–H and O–H groups in total. The second-order valence-electron chi connectivity index (χ2n) is 4.33. The smallest absolute Gasteiger partial charge is 0.131 e. The Bertz CT molecular complexity index is 641. The average molecular weight is 275 g/mol. The molecule has 1 aromatic carbocycles. The third-order valence-corrected chi connectivity index (χ3v) is 2.92. The lowest BCUT2D eigenvalue weighted by atomic mass is 10.2. The van der Waals surface area contributed by atoms with Gasteiger partial charge in [0.2, 0.25) is 0 Å². The Balaban J connectivity index is 2.35. The molecule has 0 aliphatic heterocycles. The summed E-state index contributed by atoms with van der Waals surface area (Å²) in [4.78, 5) is 4.68. The summed E-state index contributed by atoms with van der Waals surface area (Å²) in [5.74, 6) is 0.376. The Morgan fingerprint density at radius 1 is 1.26 bits per heavy atom. The lowest BCUT2D eigenvalue weighted by Gasteiger charge is -2.11. The van der Waals surface area contributed by atoms with Gasteiger partial charge in [-0.05, 0) is 49.7 Å². The van der Waals surface area contributed by atoms with Gasteiger partial charge in [-0.1, -0.05) is 12.2 Å². The van der Waals surface area contributed by atoms with E-state index in [1.54, 1.807) is 12.1 Å². The maximum atomic E-state index is 13.0. The predicted octanol–water partition coefficient (Wildman–Crippen LogP) is 3.22. The quantitative estimate of drug-likeness (QED) is 0.845. The van der Waals surface area contributed by atoms with Crippen molar-refractivity contribution in [3.63, 3.8) is 0 Å². The third kappa shape index (κ3) is 3.26. The fourth-order valence-electron chi connectivity index (χ4n) is 1.78. The second kappa shape index (κ2) is 5.32. The molecule has 0 amide bonds. The van der Waals surface area contributed by atoms with Crippen LogP contribution in [0.5, 0.6) is 0 Å². The summed E-state index contributed by atoms with van der Waals surface area (Å²) in [6.07, 6.45) is 0. The highest BCUT2D eigenvalue weighted by atomic mass is 32.1. The summed E-state index contributed by atoms with van der Waals surface area (Å²) >= 11 is 4.96. The van der Waals surface area contributed by atoms with Gasteiger partial charge in [0.25, 0.3) is 0 Å². The molecule has 1 aromatic heterocycles. The molecule has 0 radical (unpaired) electrons. The zero-order valence-electron chi connectivity index (χ0n) is 10.7. The molecule has 98 valence electrons. The Hall–Kier alpha value is -2.01. The Labute approximate surface area is 116 Å². The van der Waals surface area contributed by atoms with Crippen molar-refractivity contribution in [2.45, 2.75) is 13.8 Å². The molecule has 19 heavy (non-hydrogen) atoms. The number of aromatic nitrogens is 1. The first-order valence-electron chi connectivity index (χ1n) is 5.77. The van der Waals surface area contributed by atoms with Gasteiger partial charge < -0.3 is 11.1 Å². The first kappa shape index (κ1) is 13.4. The van der Waals surface area contributed by atoms with Crippen LogP contribution in [0.1, 0.15) is 16.8 Å². The van der Waals surface area contributed by atoms with Crippen LogP contribution >= 0.6 is 12.2 Å². The minimum atomic E-state index is -0.260. The maximum Gasteiger partial charge on any atom is 0.131 e. The molecular weight excluding hydrogens is 261 g/mol. The molecule has 2 rings (SSSR count). The van der Waals surface area contributed by atoms with E-state index >= 15 is 0 Å². The van der Waals surface area contributed by atoms with Gasteiger partial charge >= 0.3 is 0 Å². The van der Waals surface area contributed by atoms with Gasteiger partial charge in [-0.2, -0.15) is 0 Å². The van der Waals surface area contributed by atoms with Gasteiger partial charge in [-0.15, -0.1) is 0 Å². The number of nitrogens with zero attached hydrogens (tertiary/aromatic N) is 1. The highest BCUT2D eigenvalue weighted by Gasteiger charge is 2.05. The van der Waals surface area contributed by atoms with Crippen molar-refractivity contribution in [2.24, 2.45) is 5.73 Å². The van der Waals surface area contributed by atoms with E-state index in [9.17, 15) is 4.39 Å². The van der Waals surface area contributed by atoms with Crippen molar-refractivity contribution < 1.29 is 4.39 Å². The Morgan fingerprint density at radius 3 is 2.63 bits per heavy atom. The Kier molecular flexibility index (Phi) is 3.76. The van der Waals surface area contributed by atoms with Gasteiger partial charge in [0.1, 0.15) is 16.6 Å². The number of nitrogens with one attached hydrogen (secondary N) is 1. The van der Waals surface area contributed by atoms with Crippen molar-refractivity contribution in [1.29, 1.82) is 0 Å². The number of nitrogens with two attached hydrogens (primary N) is 1. The molecular formula is C14H14FN3S. The molecule has 3 nitrogen and oxygen atoms in total. The van der Waals surface area contributed by atoms with E-state index in [-0.39, 0.29) is 5.82 Å². The largest absolute Gasteiger partial charge is 0.389 e. The molecule has 0 aliphatic carbocycles. The fraction of sp³-hybridized carbons (Fsp3) is 0.143. The number of thiocarbonyl (C=S) groups is 1. The van der Waals surface area contributed by atoms with Crippen LogP contribution in [-0.2, 0) is 0 Å². The predicted molar refractivity (Wildman–Crippen MR) is 79.3 cm³/mol. The van der Waals surface area contributed by atoms with Crippen LogP contribution in [0.25, 0.3) is 0 Å². The van der Waals surface area contributed by atoms with E-state index in [0.717, 1.165) is 22.5 Å². The van der Waals surface area contributed by atoms with E-state index in [4.69, 9.17) is 18.0 Å². The van der Waals surface area contributed by atoms with Gasteiger partial charge in [-0.25, -0.2) is 9.37 Å². The number of anilines is 2. The van der Waals surface area contributed by atoms with Crippen LogP contribution in [0.3, 0.4) is 0 Å². The summed E-state index contributed by atoms with van der Waals surface area (Å²) < 4.78 is 13.0. The topological polar surface area (TPSA) is 50.9 Å². The molecule has 2 aromatic rings.